The summed E-state index contributed by atoms with van der Waals surface area (Å²) in [6, 6.07) is -1.28. The standard InChI is InChI=1S/C11H21N3O4/c1-8-6-13(2)4-5-14(8)11(17)12-9(7-18-3)10(15)16/h8-9H,4-7H2,1-3H3,(H,12,17)(H,15,16). The van der Waals surface area contributed by atoms with Gasteiger partial charge < -0.3 is 25.0 Å². The van der Waals surface area contributed by atoms with Gasteiger partial charge in [0.25, 0.3) is 0 Å². The van der Waals surface area contributed by atoms with Gasteiger partial charge in [-0.3, -0.25) is 0 Å². The largest absolute Gasteiger partial charge is 0.480 e. The van der Waals surface area contributed by atoms with Gasteiger partial charge in [0, 0.05) is 32.8 Å². The average Bonchev–Trinajstić information content (AvgIpc) is 2.27. The van der Waals surface area contributed by atoms with Crippen molar-refractivity contribution in [1.82, 2.24) is 15.1 Å². The molecule has 1 rings (SSSR count). The second-order valence-corrected chi connectivity index (χ2v) is 4.60. The van der Waals surface area contributed by atoms with E-state index in [1.165, 1.54) is 7.11 Å². The number of hydrogen-bond acceptors (Lipinski definition) is 4. The number of amides is 2. The summed E-state index contributed by atoms with van der Waals surface area (Å²) in [4.78, 5) is 26.7. The lowest BCUT2D eigenvalue weighted by Gasteiger charge is -2.38. The SMILES string of the molecule is COCC(NC(=O)N1CCN(C)CC1C)C(=O)O. The molecular weight excluding hydrogens is 238 g/mol. The molecule has 0 saturated carbocycles. The van der Waals surface area contributed by atoms with Crippen molar-refractivity contribution in [3.8, 4) is 0 Å². The van der Waals surface area contributed by atoms with Crippen molar-refractivity contribution in [2.75, 3.05) is 40.4 Å². The molecule has 18 heavy (non-hydrogen) atoms. The van der Waals surface area contributed by atoms with Gasteiger partial charge in [0.2, 0.25) is 0 Å². The van der Waals surface area contributed by atoms with Gasteiger partial charge >= 0.3 is 12.0 Å². The molecule has 7 nitrogen and oxygen atoms in total. The molecule has 1 heterocycles. The first-order valence-corrected chi connectivity index (χ1v) is 5.93. The van der Waals surface area contributed by atoms with Gasteiger partial charge in [0.15, 0.2) is 6.04 Å². The molecule has 0 radical (unpaired) electrons. The fraction of sp³-hybridized carbons (Fsp3) is 0.818. The van der Waals surface area contributed by atoms with E-state index < -0.39 is 12.0 Å². The molecule has 2 atom stereocenters. The lowest BCUT2D eigenvalue weighted by molar-refractivity contribution is -0.140. The number of hydrogen-bond donors (Lipinski definition) is 2. The Labute approximate surface area is 107 Å². The van der Waals surface area contributed by atoms with Crippen LogP contribution in [-0.4, -0.2) is 79.4 Å². The second kappa shape index (κ2) is 6.55. The van der Waals surface area contributed by atoms with Crippen LogP contribution < -0.4 is 5.32 Å². The zero-order valence-electron chi connectivity index (χ0n) is 11.0. The van der Waals surface area contributed by atoms with Crippen LogP contribution in [0, 0.1) is 0 Å². The zero-order chi connectivity index (χ0) is 13.7. The number of likely N-dealkylation sites (N-methyl/N-ethyl adjacent to an activating group) is 1. The Kier molecular flexibility index (Phi) is 5.36. The highest BCUT2D eigenvalue weighted by Gasteiger charge is 2.28. The number of carbonyl (C=O) groups is 2. The van der Waals surface area contributed by atoms with E-state index in [1.54, 1.807) is 4.90 Å². The maximum atomic E-state index is 12.0. The average molecular weight is 259 g/mol. The van der Waals surface area contributed by atoms with Crippen LogP contribution in [0.1, 0.15) is 6.92 Å². The maximum absolute atomic E-state index is 12.0. The van der Waals surface area contributed by atoms with Gasteiger partial charge in [-0.2, -0.15) is 0 Å². The molecular formula is C11H21N3O4. The number of urea groups is 1. The molecule has 7 heteroatoms. The summed E-state index contributed by atoms with van der Waals surface area (Å²) in [6.07, 6.45) is 0. The molecule has 2 amide bonds. The molecule has 1 aliphatic rings. The summed E-state index contributed by atoms with van der Waals surface area (Å²) in [5, 5.41) is 11.4. The van der Waals surface area contributed by atoms with E-state index in [9.17, 15) is 9.59 Å². The Morgan fingerprint density at radius 2 is 2.17 bits per heavy atom. The smallest absolute Gasteiger partial charge is 0.328 e. The number of carboxylic acid groups (broad SMARTS) is 1. The number of ether oxygens (including phenoxy) is 1. The quantitative estimate of drug-likeness (QED) is 0.706. The van der Waals surface area contributed by atoms with Crippen LogP contribution in [0.25, 0.3) is 0 Å². The second-order valence-electron chi connectivity index (χ2n) is 4.60. The van der Waals surface area contributed by atoms with Crippen molar-refractivity contribution in [3.63, 3.8) is 0 Å². The zero-order valence-corrected chi connectivity index (χ0v) is 11.0. The van der Waals surface area contributed by atoms with Crippen molar-refractivity contribution < 1.29 is 19.4 Å². The number of nitrogens with zero attached hydrogens (tertiary/aromatic N) is 2. The van der Waals surface area contributed by atoms with Gasteiger partial charge in [-0.1, -0.05) is 0 Å². The molecule has 2 N–H and O–H groups in total. The molecule has 0 aliphatic carbocycles. The van der Waals surface area contributed by atoms with Crippen molar-refractivity contribution in [2.24, 2.45) is 0 Å². The Hall–Kier alpha value is -1.34. The van der Waals surface area contributed by atoms with E-state index in [0.717, 1.165) is 13.1 Å². The summed E-state index contributed by atoms with van der Waals surface area (Å²) in [6.45, 7) is 4.09. The number of piperazine rings is 1. The summed E-state index contributed by atoms with van der Waals surface area (Å²) in [5.74, 6) is -1.09. The molecule has 0 bridgehead atoms. The van der Waals surface area contributed by atoms with E-state index in [-0.39, 0.29) is 18.7 Å². The highest BCUT2D eigenvalue weighted by molar-refractivity contribution is 5.82. The molecule has 0 aromatic carbocycles. The molecule has 0 spiro atoms. The first-order valence-electron chi connectivity index (χ1n) is 5.93. The van der Waals surface area contributed by atoms with Gasteiger partial charge in [-0.15, -0.1) is 0 Å². The fourth-order valence-corrected chi connectivity index (χ4v) is 2.01. The van der Waals surface area contributed by atoms with Crippen molar-refractivity contribution >= 4 is 12.0 Å². The highest BCUT2D eigenvalue weighted by Crippen LogP contribution is 2.08. The monoisotopic (exact) mass is 259 g/mol. The van der Waals surface area contributed by atoms with Crippen LogP contribution in [0.2, 0.25) is 0 Å². The number of nitrogens with one attached hydrogen (secondary N) is 1. The Balaban J connectivity index is 2.55. The number of aliphatic carboxylic acids is 1. The third kappa shape index (κ3) is 3.85. The summed E-state index contributed by atoms with van der Waals surface area (Å²) in [5.41, 5.74) is 0. The topological polar surface area (TPSA) is 82.1 Å². The van der Waals surface area contributed by atoms with Crippen LogP contribution in [0.5, 0.6) is 0 Å². The highest BCUT2D eigenvalue weighted by atomic mass is 16.5. The minimum atomic E-state index is -1.09. The van der Waals surface area contributed by atoms with Crippen molar-refractivity contribution in [3.05, 3.63) is 0 Å². The normalized spacial score (nSPS) is 22.6. The van der Waals surface area contributed by atoms with Crippen molar-refractivity contribution in [2.45, 2.75) is 19.0 Å². The first kappa shape index (κ1) is 14.7. The van der Waals surface area contributed by atoms with Gasteiger partial charge in [0.1, 0.15) is 0 Å². The predicted octanol–water partition coefficient (Wildman–Crippen LogP) is -0.568. The lowest BCUT2D eigenvalue weighted by Crippen LogP contribution is -2.58. The Morgan fingerprint density at radius 3 is 2.67 bits per heavy atom. The predicted molar refractivity (Wildman–Crippen MR) is 65.5 cm³/mol. The summed E-state index contributed by atoms with van der Waals surface area (Å²) >= 11 is 0. The fourth-order valence-electron chi connectivity index (χ4n) is 2.01. The van der Waals surface area contributed by atoms with E-state index in [4.69, 9.17) is 9.84 Å². The van der Waals surface area contributed by atoms with Crippen LogP contribution in [-0.2, 0) is 9.53 Å². The minimum Gasteiger partial charge on any atom is -0.480 e. The van der Waals surface area contributed by atoms with Gasteiger partial charge in [-0.05, 0) is 14.0 Å². The number of methoxy groups -OCH3 is 1. The van der Waals surface area contributed by atoms with Crippen LogP contribution >= 0.6 is 0 Å². The molecule has 1 saturated heterocycles. The molecule has 0 aromatic rings. The van der Waals surface area contributed by atoms with Crippen LogP contribution in [0.4, 0.5) is 4.79 Å². The summed E-state index contributed by atoms with van der Waals surface area (Å²) in [7, 11) is 3.40. The van der Waals surface area contributed by atoms with Crippen LogP contribution in [0.15, 0.2) is 0 Å². The number of carboxylic acids is 1. The van der Waals surface area contributed by atoms with Gasteiger partial charge in [0.05, 0.1) is 6.61 Å². The molecule has 1 aliphatic heterocycles. The Bertz CT molecular complexity index is 311. The number of carbonyl (C=O) groups excluding carboxylic acids is 1. The maximum Gasteiger partial charge on any atom is 0.328 e. The molecule has 0 aromatic heterocycles. The van der Waals surface area contributed by atoms with Gasteiger partial charge in [-0.25, -0.2) is 9.59 Å². The minimum absolute atomic E-state index is 0.0385. The lowest BCUT2D eigenvalue weighted by atomic mass is 10.2. The Morgan fingerprint density at radius 1 is 1.50 bits per heavy atom. The molecule has 1 fully saturated rings. The molecule has 2 unspecified atom stereocenters. The van der Waals surface area contributed by atoms with E-state index >= 15 is 0 Å². The van der Waals surface area contributed by atoms with E-state index in [1.807, 2.05) is 14.0 Å². The molecule has 104 valence electrons. The first-order chi connectivity index (χ1) is 8.45. The van der Waals surface area contributed by atoms with Crippen LogP contribution in [0.3, 0.4) is 0 Å². The third-order valence-electron chi connectivity index (χ3n) is 3.02. The summed E-state index contributed by atoms with van der Waals surface area (Å²) < 4.78 is 4.78. The van der Waals surface area contributed by atoms with E-state index in [0.29, 0.717) is 6.54 Å². The van der Waals surface area contributed by atoms with E-state index in [2.05, 4.69) is 10.2 Å². The van der Waals surface area contributed by atoms with Crippen molar-refractivity contribution in [1.29, 1.82) is 0 Å². The third-order valence-corrected chi connectivity index (χ3v) is 3.02. The number of rotatable bonds is 4.